The molecule has 1 aromatic carbocycles. The van der Waals surface area contributed by atoms with E-state index in [2.05, 4.69) is 33.6 Å². The zero-order valence-corrected chi connectivity index (χ0v) is 14.3. The second kappa shape index (κ2) is 6.20. The van der Waals surface area contributed by atoms with E-state index in [4.69, 9.17) is 0 Å². The summed E-state index contributed by atoms with van der Waals surface area (Å²) < 4.78 is 1.61. The van der Waals surface area contributed by atoms with E-state index in [-0.39, 0.29) is 5.91 Å². The molecule has 2 aromatic heterocycles. The molecule has 0 atom stereocenters. The third-order valence-corrected chi connectivity index (χ3v) is 5.09. The molecule has 5 nitrogen and oxygen atoms in total. The lowest BCUT2D eigenvalue weighted by Gasteiger charge is -2.16. The van der Waals surface area contributed by atoms with Crippen LogP contribution in [0.1, 0.15) is 34.3 Å². The minimum absolute atomic E-state index is 0.186. The Balaban J connectivity index is 1.53. The zero-order valence-electron chi connectivity index (χ0n) is 13.5. The highest BCUT2D eigenvalue weighted by atomic mass is 32.1. The van der Waals surface area contributed by atoms with E-state index < -0.39 is 0 Å². The molecule has 1 aliphatic rings. The first-order chi connectivity index (χ1) is 11.7. The van der Waals surface area contributed by atoms with E-state index in [9.17, 15) is 4.79 Å². The molecule has 24 heavy (non-hydrogen) atoms. The third-order valence-electron chi connectivity index (χ3n) is 4.34. The van der Waals surface area contributed by atoms with Gasteiger partial charge >= 0.3 is 0 Å². The van der Waals surface area contributed by atoms with Crippen LogP contribution in [0, 0.1) is 0 Å². The number of amides is 1. The number of hydrogen-bond donors (Lipinski definition) is 1. The smallest absolute Gasteiger partial charge is 0.260 e. The van der Waals surface area contributed by atoms with E-state index in [1.54, 1.807) is 24.1 Å². The number of benzene rings is 1. The first-order valence-electron chi connectivity index (χ1n) is 8.07. The first-order valence-corrected chi connectivity index (χ1v) is 8.95. The number of anilines is 1. The van der Waals surface area contributed by atoms with Crippen LogP contribution in [-0.4, -0.2) is 20.7 Å². The fourth-order valence-electron chi connectivity index (χ4n) is 3.06. The van der Waals surface area contributed by atoms with Gasteiger partial charge in [-0.1, -0.05) is 12.1 Å². The summed E-state index contributed by atoms with van der Waals surface area (Å²) in [7, 11) is 1.79. The molecule has 4 rings (SSSR count). The maximum atomic E-state index is 12.2. The Kier molecular flexibility index (Phi) is 3.90. The molecule has 0 aliphatic heterocycles. The predicted molar refractivity (Wildman–Crippen MR) is 95.4 cm³/mol. The fraction of sp³-hybridized carbons (Fsp3) is 0.278. The van der Waals surface area contributed by atoms with Crippen molar-refractivity contribution in [1.82, 2.24) is 14.8 Å². The molecule has 3 aromatic rings. The summed E-state index contributed by atoms with van der Waals surface area (Å²) >= 11 is 1.44. The molecule has 0 saturated heterocycles. The first kappa shape index (κ1) is 15.1. The van der Waals surface area contributed by atoms with Crippen molar-refractivity contribution >= 4 is 22.4 Å². The van der Waals surface area contributed by atoms with Crippen molar-refractivity contribution in [1.29, 1.82) is 0 Å². The molecular weight excluding hydrogens is 320 g/mol. The Morgan fingerprint density at radius 2 is 2.08 bits per heavy atom. The largest absolute Gasteiger partial charge is 0.298 e. The minimum Gasteiger partial charge on any atom is -0.298 e. The van der Waals surface area contributed by atoms with Gasteiger partial charge in [-0.15, -0.1) is 11.3 Å². The summed E-state index contributed by atoms with van der Waals surface area (Å²) in [5.41, 5.74) is 5.46. The number of thiazole rings is 1. The van der Waals surface area contributed by atoms with Crippen LogP contribution in [0.25, 0.3) is 11.3 Å². The third kappa shape index (κ3) is 2.97. The van der Waals surface area contributed by atoms with Crippen LogP contribution in [0.4, 0.5) is 5.13 Å². The van der Waals surface area contributed by atoms with Crippen molar-refractivity contribution in [3.63, 3.8) is 0 Å². The topological polar surface area (TPSA) is 59.8 Å². The lowest BCUT2D eigenvalue weighted by molar-refractivity contribution is 0.102. The average molecular weight is 338 g/mol. The maximum absolute atomic E-state index is 12.2. The summed E-state index contributed by atoms with van der Waals surface area (Å²) in [5.74, 6) is -0.186. The van der Waals surface area contributed by atoms with Crippen LogP contribution in [-0.2, 0) is 19.9 Å². The van der Waals surface area contributed by atoms with Crippen LogP contribution in [0.2, 0.25) is 0 Å². The van der Waals surface area contributed by atoms with E-state index >= 15 is 0 Å². The molecule has 0 spiro atoms. The molecule has 2 heterocycles. The molecule has 6 heteroatoms. The van der Waals surface area contributed by atoms with Crippen molar-refractivity contribution in [2.24, 2.45) is 7.05 Å². The quantitative estimate of drug-likeness (QED) is 0.792. The molecule has 1 aliphatic carbocycles. The molecule has 0 fully saturated rings. The highest BCUT2D eigenvalue weighted by Gasteiger charge is 2.14. The highest BCUT2D eigenvalue weighted by Crippen LogP contribution is 2.29. The molecule has 1 amide bonds. The van der Waals surface area contributed by atoms with E-state index in [1.807, 2.05) is 5.38 Å². The van der Waals surface area contributed by atoms with Crippen LogP contribution in [0.3, 0.4) is 0 Å². The second-order valence-corrected chi connectivity index (χ2v) is 6.94. The summed E-state index contributed by atoms with van der Waals surface area (Å²) in [6.07, 6.45) is 8.12. The normalized spacial score (nSPS) is 13.5. The van der Waals surface area contributed by atoms with E-state index in [0.717, 1.165) is 17.7 Å². The number of rotatable bonds is 3. The monoisotopic (exact) mass is 338 g/mol. The van der Waals surface area contributed by atoms with Gasteiger partial charge < -0.3 is 0 Å². The molecule has 0 bridgehead atoms. The number of fused-ring (bicyclic) bond motifs is 1. The summed E-state index contributed by atoms with van der Waals surface area (Å²) in [5, 5.41) is 9.45. The van der Waals surface area contributed by atoms with Gasteiger partial charge in [-0.05, 0) is 42.9 Å². The molecule has 0 radical (unpaired) electrons. The number of carbonyl (C=O) groups excluding carboxylic acids is 1. The van der Waals surface area contributed by atoms with Crippen LogP contribution >= 0.6 is 11.3 Å². The number of nitrogens with zero attached hydrogens (tertiary/aromatic N) is 3. The van der Waals surface area contributed by atoms with Gasteiger partial charge in [0.25, 0.3) is 5.91 Å². The van der Waals surface area contributed by atoms with Crippen molar-refractivity contribution in [2.75, 3.05) is 5.32 Å². The van der Waals surface area contributed by atoms with Gasteiger partial charge in [0.15, 0.2) is 5.13 Å². The van der Waals surface area contributed by atoms with Crippen molar-refractivity contribution < 1.29 is 4.79 Å². The Hall–Kier alpha value is -2.47. The minimum atomic E-state index is -0.186. The van der Waals surface area contributed by atoms with Gasteiger partial charge in [-0.3, -0.25) is 14.8 Å². The molecule has 0 unspecified atom stereocenters. The van der Waals surface area contributed by atoms with Crippen molar-refractivity contribution in [3.05, 3.63) is 52.7 Å². The zero-order chi connectivity index (χ0) is 16.5. The standard InChI is InChI=1S/C18H18N4OS/c1-22-10-15(9-19-22)17(23)21-18-20-16(11-24-18)14-7-6-12-4-2-3-5-13(12)8-14/h6-11H,2-5H2,1H3,(H,20,21,23). The average Bonchev–Trinajstić information content (AvgIpc) is 3.23. The highest BCUT2D eigenvalue weighted by molar-refractivity contribution is 7.14. The number of aryl methyl sites for hydroxylation is 3. The summed E-state index contributed by atoms with van der Waals surface area (Å²) in [6.45, 7) is 0. The summed E-state index contributed by atoms with van der Waals surface area (Å²) in [6, 6.07) is 6.60. The van der Waals surface area contributed by atoms with Gasteiger partial charge in [0.1, 0.15) is 0 Å². The van der Waals surface area contributed by atoms with Gasteiger partial charge in [0.05, 0.1) is 17.5 Å². The Bertz CT molecular complexity index is 896. The molecule has 122 valence electrons. The van der Waals surface area contributed by atoms with Gasteiger partial charge in [0, 0.05) is 24.2 Å². The number of nitrogens with one attached hydrogen (secondary N) is 1. The van der Waals surface area contributed by atoms with Gasteiger partial charge in [-0.25, -0.2) is 4.98 Å². The number of aromatic nitrogens is 3. The van der Waals surface area contributed by atoms with Crippen LogP contribution < -0.4 is 5.32 Å². The number of carbonyl (C=O) groups is 1. The van der Waals surface area contributed by atoms with E-state index in [0.29, 0.717) is 10.7 Å². The lowest BCUT2D eigenvalue weighted by Crippen LogP contribution is -2.10. The Morgan fingerprint density at radius 3 is 2.88 bits per heavy atom. The van der Waals surface area contributed by atoms with Gasteiger partial charge in [0.2, 0.25) is 0 Å². The van der Waals surface area contributed by atoms with Crippen molar-refractivity contribution in [3.8, 4) is 11.3 Å². The van der Waals surface area contributed by atoms with Crippen LogP contribution in [0.15, 0.2) is 36.0 Å². The van der Waals surface area contributed by atoms with E-state index in [1.165, 1.54) is 41.7 Å². The molecule has 0 saturated carbocycles. The Labute approximate surface area is 144 Å². The predicted octanol–water partition coefficient (Wildman–Crippen LogP) is 3.67. The SMILES string of the molecule is Cn1cc(C(=O)Nc2nc(-c3ccc4c(c3)CCCC4)cs2)cn1. The second-order valence-electron chi connectivity index (χ2n) is 6.09. The Morgan fingerprint density at radius 1 is 1.25 bits per heavy atom. The van der Waals surface area contributed by atoms with Gasteiger partial charge in [-0.2, -0.15) is 5.10 Å². The maximum Gasteiger partial charge on any atom is 0.260 e. The fourth-order valence-corrected chi connectivity index (χ4v) is 3.78. The molecule has 1 N–H and O–H groups in total. The van der Waals surface area contributed by atoms with Crippen LogP contribution in [0.5, 0.6) is 0 Å². The van der Waals surface area contributed by atoms with Crippen molar-refractivity contribution in [2.45, 2.75) is 25.7 Å². The number of hydrogen-bond acceptors (Lipinski definition) is 4. The lowest BCUT2D eigenvalue weighted by atomic mass is 9.90. The summed E-state index contributed by atoms with van der Waals surface area (Å²) in [4.78, 5) is 16.7. The molecular formula is C18H18N4OS.